The monoisotopic (exact) mass is 460 g/mol. The number of aromatic nitrogens is 1. The Labute approximate surface area is 165 Å². The number of aliphatic imine (C=N–C) groups is 1. The minimum Gasteiger partial charge on any atom is -0.493 e. The molecule has 25 heavy (non-hydrogen) atoms. The Kier molecular flexibility index (Phi) is 9.11. The van der Waals surface area contributed by atoms with Crippen molar-refractivity contribution in [2.45, 2.75) is 26.8 Å². The van der Waals surface area contributed by atoms with Crippen LogP contribution in [0.2, 0.25) is 0 Å². The minimum absolute atomic E-state index is 0. The third kappa shape index (κ3) is 6.11. The fourth-order valence-electron chi connectivity index (χ4n) is 2.12. The molecule has 0 saturated heterocycles. The summed E-state index contributed by atoms with van der Waals surface area (Å²) in [4.78, 5) is 4.20. The number of benzene rings is 1. The van der Waals surface area contributed by atoms with E-state index in [-0.39, 0.29) is 24.0 Å². The van der Waals surface area contributed by atoms with Crippen LogP contribution >= 0.6 is 24.0 Å². The van der Waals surface area contributed by atoms with Crippen LogP contribution < -0.4 is 20.1 Å². The molecule has 2 aromatic rings. The first-order valence-electron chi connectivity index (χ1n) is 7.93. The summed E-state index contributed by atoms with van der Waals surface area (Å²) in [5, 5.41) is 10.4. The van der Waals surface area contributed by atoms with Gasteiger partial charge in [-0.2, -0.15) is 0 Å². The summed E-state index contributed by atoms with van der Waals surface area (Å²) in [5.41, 5.74) is 1.78. The second-order valence-corrected chi connectivity index (χ2v) is 4.99. The Balaban J connectivity index is 0.00000312. The first kappa shape index (κ1) is 21.1. The normalized spacial score (nSPS) is 10.8. The van der Waals surface area contributed by atoms with Crippen molar-refractivity contribution in [3.63, 3.8) is 0 Å². The van der Waals surface area contributed by atoms with Crippen molar-refractivity contribution in [2.75, 3.05) is 26.1 Å². The van der Waals surface area contributed by atoms with Crippen LogP contribution in [0.5, 0.6) is 11.5 Å². The molecule has 0 saturated carbocycles. The number of aryl methyl sites for hydroxylation is 1. The fraction of sp³-hybridized carbons (Fsp3) is 0.412. The van der Waals surface area contributed by atoms with E-state index in [1.165, 1.54) is 0 Å². The molecule has 1 heterocycles. The molecule has 0 fully saturated rings. The minimum atomic E-state index is 0. The molecule has 0 aliphatic carbocycles. The Morgan fingerprint density at radius 3 is 2.64 bits per heavy atom. The highest BCUT2D eigenvalue weighted by Gasteiger charge is 2.08. The SMILES string of the molecule is CCOc1cc(NC(=NC)NCc2cc(CC)no2)ccc1OC.I. The molecule has 0 aliphatic heterocycles. The lowest BCUT2D eigenvalue weighted by Gasteiger charge is -2.14. The Hall–Kier alpha value is -1.97. The number of methoxy groups -OCH3 is 1. The molecular formula is C17H25IN4O3. The van der Waals surface area contributed by atoms with Crippen LogP contribution in [0.15, 0.2) is 33.8 Å². The first-order valence-corrected chi connectivity index (χ1v) is 7.93. The van der Waals surface area contributed by atoms with Crippen LogP contribution in [0.3, 0.4) is 0 Å². The summed E-state index contributed by atoms with van der Waals surface area (Å²) in [7, 11) is 3.33. The smallest absolute Gasteiger partial charge is 0.195 e. The Morgan fingerprint density at radius 1 is 1.24 bits per heavy atom. The van der Waals surface area contributed by atoms with Crippen LogP contribution in [-0.4, -0.2) is 31.9 Å². The predicted molar refractivity (Wildman–Crippen MR) is 109 cm³/mol. The predicted octanol–water partition coefficient (Wildman–Crippen LogP) is 3.45. The summed E-state index contributed by atoms with van der Waals surface area (Å²) < 4.78 is 16.1. The van der Waals surface area contributed by atoms with Crippen molar-refractivity contribution in [3.8, 4) is 11.5 Å². The van der Waals surface area contributed by atoms with E-state index in [0.29, 0.717) is 30.6 Å². The molecule has 0 bridgehead atoms. The summed E-state index contributed by atoms with van der Waals surface area (Å²) in [6.07, 6.45) is 0.850. The molecule has 0 amide bonds. The summed E-state index contributed by atoms with van der Waals surface area (Å²) in [5.74, 6) is 2.76. The third-order valence-electron chi connectivity index (χ3n) is 3.35. The number of nitrogens with one attached hydrogen (secondary N) is 2. The van der Waals surface area contributed by atoms with Crippen LogP contribution in [0, 0.1) is 0 Å². The molecule has 0 unspecified atom stereocenters. The van der Waals surface area contributed by atoms with Crippen molar-refractivity contribution < 1.29 is 14.0 Å². The Morgan fingerprint density at radius 2 is 2.04 bits per heavy atom. The second kappa shape index (κ2) is 10.8. The van der Waals surface area contributed by atoms with Crippen molar-refractivity contribution >= 4 is 35.6 Å². The molecular weight excluding hydrogens is 435 g/mol. The van der Waals surface area contributed by atoms with Crippen molar-refractivity contribution in [1.82, 2.24) is 10.5 Å². The number of rotatable bonds is 7. The number of halogens is 1. The fourth-order valence-corrected chi connectivity index (χ4v) is 2.12. The van der Waals surface area contributed by atoms with Gasteiger partial charge in [0.25, 0.3) is 0 Å². The topological polar surface area (TPSA) is 80.9 Å². The highest BCUT2D eigenvalue weighted by molar-refractivity contribution is 14.0. The van der Waals surface area contributed by atoms with Gasteiger partial charge in [0.15, 0.2) is 23.2 Å². The number of nitrogens with zero attached hydrogens (tertiary/aromatic N) is 2. The average molecular weight is 460 g/mol. The molecule has 0 atom stereocenters. The van der Waals surface area contributed by atoms with Gasteiger partial charge in [-0.1, -0.05) is 12.1 Å². The van der Waals surface area contributed by atoms with E-state index in [1.807, 2.05) is 38.1 Å². The molecule has 7 nitrogen and oxygen atoms in total. The zero-order chi connectivity index (χ0) is 17.4. The Bertz CT molecular complexity index is 688. The van der Waals surface area contributed by atoms with Crippen LogP contribution in [0.4, 0.5) is 5.69 Å². The van der Waals surface area contributed by atoms with E-state index in [2.05, 4.69) is 20.8 Å². The van der Waals surface area contributed by atoms with Gasteiger partial charge in [-0.15, -0.1) is 24.0 Å². The standard InChI is InChI=1S/C17H24N4O3.HI/c1-5-12-9-14(24-21-12)11-19-17(18-3)20-13-7-8-15(22-4)16(10-13)23-6-2;/h7-10H,5-6,11H2,1-4H3,(H2,18,19,20);1H. The van der Waals surface area contributed by atoms with Crippen molar-refractivity contribution in [1.29, 1.82) is 0 Å². The summed E-state index contributed by atoms with van der Waals surface area (Å²) in [6.45, 7) is 5.04. The molecule has 0 aliphatic rings. The van der Waals surface area contributed by atoms with Crippen LogP contribution in [-0.2, 0) is 13.0 Å². The van der Waals surface area contributed by atoms with E-state index in [1.54, 1.807) is 14.2 Å². The van der Waals surface area contributed by atoms with Crippen molar-refractivity contribution in [3.05, 3.63) is 35.7 Å². The van der Waals surface area contributed by atoms with Gasteiger partial charge in [-0.25, -0.2) is 0 Å². The number of guanidine groups is 1. The maximum absolute atomic E-state index is 5.58. The third-order valence-corrected chi connectivity index (χ3v) is 3.35. The largest absolute Gasteiger partial charge is 0.493 e. The zero-order valence-corrected chi connectivity index (χ0v) is 17.3. The van der Waals surface area contributed by atoms with Gasteiger partial charge in [0.05, 0.1) is 26.0 Å². The van der Waals surface area contributed by atoms with Gasteiger partial charge in [-0.05, 0) is 25.5 Å². The number of anilines is 1. The van der Waals surface area contributed by atoms with Gasteiger partial charge in [0.1, 0.15) is 0 Å². The summed E-state index contributed by atoms with van der Waals surface area (Å²) in [6, 6.07) is 7.56. The lowest BCUT2D eigenvalue weighted by molar-refractivity contribution is 0.311. The summed E-state index contributed by atoms with van der Waals surface area (Å²) >= 11 is 0. The molecule has 1 aromatic carbocycles. The van der Waals surface area contributed by atoms with Gasteiger partial charge in [0.2, 0.25) is 0 Å². The quantitative estimate of drug-likeness (QED) is 0.375. The van der Waals surface area contributed by atoms with E-state index < -0.39 is 0 Å². The zero-order valence-electron chi connectivity index (χ0n) is 15.0. The van der Waals surface area contributed by atoms with Crippen molar-refractivity contribution in [2.24, 2.45) is 4.99 Å². The van der Waals surface area contributed by atoms with E-state index >= 15 is 0 Å². The average Bonchev–Trinajstić information content (AvgIpc) is 3.07. The molecule has 138 valence electrons. The number of hydrogen-bond acceptors (Lipinski definition) is 5. The molecule has 2 rings (SSSR count). The van der Waals surface area contributed by atoms with Crippen LogP contribution in [0.25, 0.3) is 0 Å². The van der Waals surface area contributed by atoms with Gasteiger partial charge in [0, 0.05) is 24.9 Å². The lowest BCUT2D eigenvalue weighted by atomic mass is 10.2. The van der Waals surface area contributed by atoms with Crippen LogP contribution in [0.1, 0.15) is 25.3 Å². The molecule has 0 radical (unpaired) electrons. The van der Waals surface area contributed by atoms with E-state index in [9.17, 15) is 0 Å². The highest BCUT2D eigenvalue weighted by Crippen LogP contribution is 2.30. The molecule has 0 spiro atoms. The number of hydrogen-bond donors (Lipinski definition) is 2. The molecule has 2 N–H and O–H groups in total. The van der Waals surface area contributed by atoms with E-state index in [4.69, 9.17) is 14.0 Å². The maximum Gasteiger partial charge on any atom is 0.195 e. The van der Waals surface area contributed by atoms with E-state index in [0.717, 1.165) is 23.6 Å². The number of ether oxygens (including phenoxy) is 2. The first-order chi connectivity index (χ1) is 11.7. The second-order valence-electron chi connectivity index (χ2n) is 4.99. The maximum atomic E-state index is 5.58. The molecule has 1 aromatic heterocycles. The highest BCUT2D eigenvalue weighted by atomic mass is 127. The van der Waals surface area contributed by atoms with Gasteiger partial charge >= 0.3 is 0 Å². The molecule has 8 heteroatoms. The van der Waals surface area contributed by atoms with Gasteiger partial charge < -0.3 is 24.6 Å². The lowest BCUT2D eigenvalue weighted by Crippen LogP contribution is -2.30. The van der Waals surface area contributed by atoms with Gasteiger partial charge in [-0.3, -0.25) is 4.99 Å².